The molecule has 0 fully saturated rings. The van der Waals surface area contributed by atoms with E-state index in [9.17, 15) is 0 Å². The Balaban J connectivity index is 1.97. The molecular formula is C15H22N4. The maximum atomic E-state index is 4.11. The molecule has 2 aromatic rings. The highest BCUT2D eigenvalue weighted by Gasteiger charge is 2.02. The van der Waals surface area contributed by atoms with Crippen LogP contribution < -0.4 is 10.2 Å². The zero-order valence-corrected chi connectivity index (χ0v) is 11.9. The molecule has 0 atom stereocenters. The standard InChI is InChI=1S/C15H22N4/c1-4-19(5-2)14-8-6-13(7-9-14)17-11-15-10-16-12-18(15)3/h6-10,12,17H,4-5,11H2,1-3H3. The maximum absolute atomic E-state index is 4.11. The van der Waals surface area contributed by atoms with Crippen LogP contribution in [0.1, 0.15) is 19.5 Å². The summed E-state index contributed by atoms with van der Waals surface area (Å²) < 4.78 is 2.03. The predicted octanol–water partition coefficient (Wildman–Crippen LogP) is 2.88. The molecule has 0 spiro atoms. The van der Waals surface area contributed by atoms with Crippen molar-refractivity contribution in [1.82, 2.24) is 9.55 Å². The molecule has 0 aliphatic carbocycles. The van der Waals surface area contributed by atoms with Gasteiger partial charge >= 0.3 is 0 Å². The minimum absolute atomic E-state index is 0.793. The van der Waals surface area contributed by atoms with E-state index >= 15 is 0 Å². The molecule has 19 heavy (non-hydrogen) atoms. The van der Waals surface area contributed by atoms with Crippen LogP contribution in [0.3, 0.4) is 0 Å². The van der Waals surface area contributed by atoms with Crippen molar-refractivity contribution in [1.29, 1.82) is 0 Å². The number of anilines is 2. The monoisotopic (exact) mass is 258 g/mol. The molecule has 1 heterocycles. The second-order valence-corrected chi connectivity index (χ2v) is 4.57. The van der Waals surface area contributed by atoms with Crippen molar-refractivity contribution in [2.24, 2.45) is 7.05 Å². The van der Waals surface area contributed by atoms with Crippen molar-refractivity contribution in [2.75, 3.05) is 23.3 Å². The summed E-state index contributed by atoms with van der Waals surface area (Å²) in [5, 5.41) is 3.41. The van der Waals surface area contributed by atoms with Gasteiger partial charge in [0.05, 0.1) is 18.6 Å². The molecule has 0 aliphatic rings. The quantitative estimate of drug-likeness (QED) is 0.865. The van der Waals surface area contributed by atoms with Gasteiger partial charge < -0.3 is 14.8 Å². The summed E-state index contributed by atoms with van der Waals surface area (Å²) in [6.45, 7) is 7.23. The van der Waals surface area contributed by atoms with Crippen molar-refractivity contribution < 1.29 is 0 Å². The zero-order chi connectivity index (χ0) is 13.7. The fourth-order valence-electron chi connectivity index (χ4n) is 2.13. The van der Waals surface area contributed by atoms with Crippen molar-refractivity contribution in [3.63, 3.8) is 0 Å². The van der Waals surface area contributed by atoms with Crippen LogP contribution in [0.25, 0.3) is 0 Å². The van der Waals surface area contributed by atoms with Gasteiger partial charge in [-0.15, -0.1) is 0 Å². The van der Waals surface area contributed by atoms with E-state index < -0.39 is 0 Å². The van der Waals surface area contributed by atoms with E-state index in [2.05, 4.69) is 53.3 Å². The summed E-state index contributed by atoms with van der Waals surface area (Å²) in [6, 6.07) is 8.59. The number of hydrogen-bond donors (Lipinski definition) is 1. The first kappa shape index (κ1) is 13.5. The molecule has 0 radical (unpaired) electrons. The molecule has 0 saturated carbocycles. The van der Waals surface area contributed by atoms with Gasteiger partial charge in [-0.2, -0.15) is 0 Å². The number of aryl methyl sites for hydroxylation is 1. The van der Waals surface area contributed by atoms with Crippen molar-refractivity contribution >= 4 is 11.4 Å². The molecule has 102 valence electrons. The van der Waals surface area contributed by atoms with Gasteiger partial charge in [0.1, 0.15) is 0 Å². The molecule has 1 aromatic heterocycles. The molecule has 1 N–H and O–H groups in total. The lowest BCUT2D eigenvalue weighted by atomic mass is 10.2. The number of imidazole rings is 1. The van der Waals surface area contributed by atoms with Crippen LogP contribution in [0.2, 0.25) is 0 Å². The van der Waals surface area contributed by atoms with Crippen LogP contribution >= 0.6 is 0 Å². The van der Waals surface area contributed by atoms with Crippen LogP contribution in [-0.4, -0.2) is 22.6 Å². The van der Waals surface area contributed by atoms with Gasteiger partial charge in [0.2, 0.25) is 0 Å². The first-order valence-electron chi connectivity index (χ1n) is 6.78. The summed E-state index contributed by atoms with van der Waals surface area (Å²) in [5.74, 6) is 0. The molecular weight excluding hydrogens is 236 g/mol. The van der Waals surface area contributed by atoms with E-state index in [0.29, 0.717) is 0 Å². The predicted molar refractivity (Wildman–Crippen MR) is 80.5 cm³/mol. The minimum atomic E-state index is 0.793. The molecule has 0 bridgehead atoms. The highest BCUT2D eigenvalue weighted by molar-refractivity contribution is 5.55. The summed E-state index contributed by atoms with van der Waals surface area (Å²) in [6.07, 6.45) is 3.71. The maximum Gasteiger partial charge on any atom is 0.0946 e. The van der Waals surface area contributed by atoms with Gasteiger partial charge in [0, 0.05) is 37.7 Å². The average Bonchev–Trinajstić information content (AvgIpc) is 2.85. The topological polar surface area (TPSA) is 33.1 Å². The zero-order valence-electron chi connectivity index (χ0n) is 11.9. The van der Waals surface area contributed by atoms with Gasteiger partial charge in [-0.05, 0) is 38.1 Å². The van der Waals surface area contributed by atoms with E-state index in [1.54, 1.807) is 0 Å². The van der Waals surface area contributed by atoms with Crippen molar-refractivity contribution in [3.05, 3.63) is 42.5 Å². The number of nitrogens with one attached hydrogen (secondary N) is 1. The van der Waals surface area contributed by atoms with Gasteiger partial charge in [-0.25, -0.2) is 4.98 Å². The normalized spacial score (nSPS) is 10.5. The Morgan fingerprint density at radius 1 is 1.16 bits per heavy atom. The summed E-state index contributed by atoms with van der Waals surface area (Å²) in [7, 11) is 2.01. The third-order valence-electron chi connectivity index (χ3n) is 3.39. The average molecular weight is 258 g/mol. The Morgan fingerprint density at radius 2 is 1.84 bits per heavy atom. The molecule has 4 heteroatoms. The molecule has 2 rings (SSSR count). The van der Waals surface area contributed by atoms with E-state index in [4.69, 9.17) is 0 Å². The Hall–Kier alpha value is -1.97. The molecule has 0 unspecified atom stereocenters. The Morgan fingerprint density at radius 3 is 2.37 bits per heavy atom. The number of benzene rings is 1. The minimum Gasteiger partial charge on any atom is -0.379 e. The van der Waals surface area contributed by atoms with Gasteiger partial charge in [-0.3, -0.25) is 0 Å². The first-order valence-corrected chi connectivity index (χ1v) is 6.78. The van der Waals surface area contributed by atoms with E-state index in [1.165, 1.54) is 11.4 Å². The van der Waals surface area contributed by atoms with E-state index in [0.717, 1.165) is 25.3 Å². The Kier molecular flexibility index (Phi) is 4.44. The molecule has 0 amide bonds. The second kappa shape index (κ2) is 6.27. The van der Waals surface area contributed by atoms with E-state index in [1.807, 2.05) is 24.1 Å². The SMILES string of the molecule is CCN(CC)c1ccc(NCc2cncn2C)cc1. The molecule has 1 aromatic carbocycles. The van der Waals surface area contributed by atoms with Gasteiger partial charge in [-0.1, -0.05) is 0 Å². The summed E-state index contributed by atoms with van der Waals surface area (Å²) in [4.78, 5) is 6.45. The third-order valence-corrected chi connectivity index (χ3v) is 3.39. The van der Waals surface area contributed by atoms with Crippen LogP contribution in [0, 0.1) is 0 Å². The Labute approximate surface area is 115 Å². The Bertz CT molecular complexity index is 497. The second-order valence-electron chi connectivity index (χ2n) is 4.57. The van der Waals surface area contributed by atoms with Crippen molar-refractivity contribution in [2.45, 2.75) is 20.4 Å². The lowest BCUT2D eigenvalue weighted by Crippen LogP contribution is -2.21. The number of hydrogen-bond acceptors (Lipinski definition) is 3. The number of nitrogens with zero attached hydrogens (tertiary/aromatic N) is 3. The van der Waals surface area contributed by atoms with E-state index in [-0.39, 0.29) is 0 Å². The summed E-state index contributed by atoms with van der Waals surface area (Å²) in [5.41, 5.74) is 3.58. The largest absolute Gasteiger partial charge is 0.379 e. The fraction of sp³-hybridized carbons (Fsp3) is 0.400. The molecule has 0 saturated heterocycles. The molecule has 0 aliphatic heterocycles. The highest BCUT2D eigenvalue weighted by Crippen LogP contribution is 2.18. The first-order chi connectivity index (χ1) is 9.24. The van der Waals surface area contributed by atoms with Crippen LogP contribution in [0.15, 0.2) is 36.8 Å². The van der Waals surface area contributed by atoms with Gasteiger partial charge in [0.25, 0.3) is 0 Å². The van der Waals surface area contributed by atoms with Crippen LogP contribution in [-0.2, 0) is 13.6 Å². The molecule has 4 nitrogen and oxygen atoms in total. The summed E-state index contributed by atoms with van der Waals surface area (Å²) >= 11 is 0. The highest BCUT2D eigenvalue weighted by atomic mass is 15.1. The lowest BCUT2D eigenvalue weighted by Gasteiger charge is -2.21. The number of rotatable bonds is 6. The van der Waals surface area contributed by atoms with Crippen LogP contribution in [0.4, 0.5) is 11.4 Å². The van der Waals surface area contributed by atoms with Crippen molar-refractivity contribution in [3.8, 4) is 0 Å². The fourth-order valence-corrected chi connectivity index (χ4v) is 2.13. The number of aromatic nitrogens is 2. The third kappa shape index (κ3) is 3.28. The lowest BCUT2D eigenvalue weighted by molar-refractivity contribution is 0.837. The smallest absolute Gasteiger partial charge is 0.0946 e. The van der Waals surface area contributed by atoms with Gasteiger partial charge in [0.15, 0.2) is 0 Å². The van der Waals surface area contributed by atoms with Crippen LogP contribution in [0.5, 0.6) is 0 Å².